The Kier molecular flexibility index (Phi) is 4.97. The van der Waals surface area contributed by atoms with Crippen LogP contribution < -0.4 is 5.32 Å². The third-order valence-electron chi connectivity index (χ3n) is 3.23. The minimum Gasteiger partial charge on any atom is -0.444 e. The van der Waals surface area contributed by atoms with Crippen molar-refractivity contribution in [3.63, 3.8) is 0 Å². The number of anilines is 1. The van der Waals surface area contributed by atoms with Crippen molar-refractivity contribution >= 4 is 35.0 Å². The molecule has 0 unspecified atom stereocenters. The second kappa shape index (κ2) is 7.15. The monoisotopic (exact) mass is 361 g/mol. The van der Waals surface area contributed by atoms with Crippen LogP contribution in [0.5, 0.6) is 0 Å². The second-order valence-corrected chi connectivity index (χ2v) is 6.95. The van der Waals surface area contributed by atoms with E-state index < -0.39 is 0 Å². The maximum Gasteiger partial charge on any atom is 0.291 e. The SMILES string of the molecule is CC(C)n1cc(NC(=O)c2ccc(Sc3ccc(Cl)cc3)o2)cn1. The van der Waals surface area contributed by atoms with E-state index in [4.69, 9.17) is 16.0 Å². The van der Waals surface area contributed by atoms with E-state index in [1.807, 2.05) is 38.1 Å². The smallest absolute Gasteiger partial charge is 0.291 e. The van der Waals surface area contributed by atoms with E-state index in [1.54, 1.807) is 29.2 Å². The lowest BCUT2D eigenvalue weighted by molar-refractivity contribution is 0.0992. The molecule has 2 heterocycles. The summed E-state index contributed by atoms with van der Waals surface area (Å²) in [4.78, 5) is 13.2. The highest BCUT2D eigenvalue weighted by Crippen LogP contribution is 2.30. The van der Waals surface area contributed by atoms with Crippen molar-refractivity contribution in [3.05, 3.63) is 59.6 Å². The maximum absolute atomic E-state index is 12.2. The molecule has 0 spiro atoms. The zero-order valence-electron chi connectivity index (χ0n) is 13.2. The lowest BCUT2D eigenvalue weighted by Crippen LogP contribution is -2.10. The molecule has 0 atom stereocenters. The van der Waals surface area contributed by atoms with Gasteiger partial charge in [-0.15, -0.1) is 0 Å². The number of benzene rings is 1. The van der Waals surface area contributed by atoms with Gasteiger partial charge in [0.15, 0.2) is 10.9 Å². The molecule has 1 amide bonds. The molecule has 3 aromatic rings. The number of nitrogens with zero attached hydrogens (tertiary/aromatic N) is 2. The molecule has 0 radical (unpaired) electrons. The molecular formula is C17H16ClN3O2S. The van der Waals surface area contributed by atoms with Gasteiger partial charge in [-0.1, -0.05) is 23.4 Å². The third kappa shape index (κ3) is 4.01. The van der Waals surface area contributed by atoms with Crippen LogP contribution in [0.4, 0.5) is 5.69 Å². The van der Waals surface area contributed by atoms with Gasteiger partial charge in [-0.25, -0.2) is 0 Å². The molecule has 0 bridgehead atoms. The Morgan fingerprint density at radius 1 is 1.25 bits per heavy atom. The molecule has 0 saturated carbocycles. The number of hydrogen-bond donors (Lipinski definition) is 1. The lowest BCUT2D eigenvalue weighted by Gasteiger charge is -2.03. The first kappa shape index (κ1) is 16.7. The number of rotatable bonds is 5. The van der Waals surface area contributed by atoms with Crippen LogP contribution in [0.15, 0.2) is 63.2 Å². The number of furan rings is 1. The van der Waals surface area contributed by atoms with Crippen molar-refractivity contribution in [2.24, 2.45) is 0 Å². The second-order valence-electron chi connectivity index (χ2n) is 5.43. The van der Waals surface area contributed by atoms with Gasteiger partial charge in [0.25, 0.3) is 5.91 Å². The van der Waals surface area contributed by atoms with Gasteiger partial charge in [-0.2, -0.15) is 5.10 Å². The van der Waals surface area contributed by atoms with Gasteiger partial charge in [-0.3, -0.25) is 9.48 Å². The van der Waals surface area contributed by atoms with E-state index in [1.165, 1.54) is 11.8 Å². The molecule has 0 saturated heterocycles. The summed E-state index contributed by atoms with van der Waals surface area (Å²) in [7, 11) is 0. The summed E-state index contributed by atoms with van der Waals surface area (Å²) in [5.41, 5.74) is 0.636. The largest absolute Gasteiger partial charge is 0.444 e. The fourth-order valence-corrected chi connectivity index (χ4v) is 2.89. The highest BCUT2D eigenvalue weighted by atomic mass is 35.5. The van der Waals surface area contributed by atoms with Crippen LogP contribution in [-0.2, 0) is 0 Å². The van der Waals surface area contributed by atoms with Crippen molar-refractivity contribution in [2.75, 3.05) is 5.32 Å². The summed E-state index contributed by atoms with van der Waals surface area (Å²) in [6.07, 6.45) is 3.40. The average molecular weight is 362 g/mol. The first-order valence-corrected chi connectivity index (χ1v) is 8.59. The summed E-state index contributed by atoms with van der Waals surface area (Å²) < 4.78 is 7.37. The van der Waals surface area contributed by atoms with Gasteiger partial charge in [0.05, 0.1) is 11.9 Å². The predicted octanol–water partition coefficient (Wildman–Crippen LogP) is 5.11. The van der Waals surface area contributed by atoms with Crippen molar-refractivity contribution < 1.29 is 9.21 Å². The normalized spacial score (nSPS) is 11.0. The van der Waals surface area contributed by atoms with Crippen molar-refractivity contribution in [1.29, 1.82) is 0 Å². The van der Waals surface area contributed by atoms with Crippen LogP contribution in [0.2, 0.25) is 5.02 Å². The standard InChI is InChI=1S/C17H16ClN3O2S/c1-11(2)21-10-13(9-19-21)20-17(22)15-7-8-16(23-15)24-14-5-3-12(18)4-6-14/h3-11H,1-2H3,(H,20,22). The maximum atomic E-state index is 12.2. The zero-order valence-corrected chi connectivity index (χ0v) is 14.8. The van der Waals surface area contributed by atoms with Gasteiger partial charge in [0, 0.05) is 22.2 Å². The molecule has 0 aliphatic heterocycles. The molecule has 3 rings (SSSR count). The van der Waals surface area contributed by atoms with Crippen LogP contribution in [0.3, 0.4) is 0 Å². The number of carbonyl (C=O) groups is 1. The summed E-state index contributed by atoms with van der Waals surface area (Å²) in [5.74, 6) is -0.0509. The molecule has 5 nitrogen and oxygen atoms in total. The van der Waals surface area contributed by atoms with Crippen LogP contribution in [0.25, 0.3) is 0 Å². The number of halogens is 1. The Hall–Kier alpha value is -2.18. The Morgan fingerprint density at radius 3 is 2.67 bits per heavy atom. The molecule has 1 N–H and O–H groups in total. The quantitative estimate of drug-likeness (QED) is 0.685. The molecule has 124 valence electrons. The van der Waals surface area contributed by atoms with E-state index in [2.05, 4.69) is 10.4 Å². The Labute approximate surface area is 149 Å². The number of carbonyl (C=O) groups excluding carboxylic acids is 1. The number of aromatic nitrogens is 2. The molecule has 24 heavy (non-hydrogen) atoms. The average Bonchev–Trinajstić information content (AvgIpc) is 3.19. The summed E-state index contributed by atoms with van der Waals surface area (Å²) >= 11 is 7.29. The molecule has 2 aromatic heterocycles. The number of nitrogens with one attached hydrogen (secondary N) is 1. The van der Waals surface area contributed by atoms with Gasteiger partial charge in [-0.05, 0) is 50.2 Å². The first-order valence-electron chi connectivity index (χ1n) is 7.40. The van der Waals surface area contributed by atoms with Gasteiger partial charge < -0.3 is 9.73 Å². The van der Waals surface area contributed by atoms with Crippen LogP contribution in [-0.4, -0.2) is 15.7 Å². The highest BCUT2D eigenvalue weighted by molar-refractivity contribution is 7.99. The van der Waals surface area contributed by atoms with E-state index >= 15 is 0 Å². The fourth-order valence-electron chi connectivity index (χ4n) is 1.99. The lowest BCUT2D eigenvalue weighted by atomic mass is 10.4. The summed E-state index contributed by atoms with van der Waals surface area (Å²) in [5, 5.41) is 8.28. The van der Waals surface area contributed by atoms with E-state index in [9.17, 15) is 4.79 Å². The van der Waals surface area contributed by atoms with Gasteiger partial charge in [0.2, 0.25) is 0 Å². The van der Waals surface area contributed by atoms with Gasteiger partial charge >= 0.3 is 0 Å². The molecule has 0 aliphatic carbocycles. The topological polar surface area (TPSA) is 60.1 Å². The first-order chi connectivity index (χ1) is 11.5. The zero-order chi connectivity index (χ0) is 17.1. The molecule has 0 fully saturated rings. The minimum atomic E-state index is -0.304. The van der Waals surface area contributed by atoms with Crippen molar-refractivity contribution in [1.82, 2.24) is 9.78 Å². The van der Waals surface area contributed by atoms with Crippen molar-refractivity contribution in [2.45, 2.75) is 29.9 Å². The summed E-state index contributed by atoms with van der Waals surface area (Å²) in [6.45, 7) is 4.04. The number of hydrogen-bond acceptors (Lipinski definition) is 4. The highest BCUT2D eigenvalue weighted by Gasteiger charge is 2.13. The Balaban J connectivity index is 1.65. The molecular weight excluding hydrogens is 346 g/mol. The Bertz CT molecular complexity index is 840. The van der Waals surface area contributed by atoms with E-state index in [0.29, 0.717) is 15.8 Å². The third-order valence-corrected chi connectivity index (χ3v) is 4.41. The predicted molar refractivity (Wildman–Crippen MR) is 94.8 cm³/mol. The van der Waals surface area contributed by atoms with Crippen LogP contribution >= 0.6 is 23.4 Å². The fraction of sp³-hybridized carbons (Fsp3) is 0.176. The van der Waals surface area contributed by atoms with Crippen LogP contribution in [0, 0.1) is 0 Å². The molecule has 0 aliphatic rings. The van der Waals surface area contributed by atoms with E-state index in [-0.39, 0.29) is 17.7 Å². The Morgan fingerprint density at radius 2 is 2.00 bits per heavy atom. The number of amides is 1. The summed E-state index contributed by atoms with van der Waals surface area (Å²) in [6, 6.07) is 11.1. The van der Waals surface area contributed by atoms with Gasteiger partial charge in [0.1, 0.15) is 0 Å². The van der Waals surface area contributed by atoms with Crippen molar-refractivity contribution in [3.8, 4) is 0 Å². The minimum absolute atomic E-state index is 0.238. The van der Waals surface area contributed by atoms with Crippen LogP contribution in [0.1, 0.15) is 30.4 Å². The van der Waals surface area contributed by atoms with E-state index in [0.717, 1.165) is 4.90 Å². The molecule has 7 heteroatoms. The molecule has 1 aromatic carbocycles.